The van der Waals surface area contributed by atoms with Crippen molar-refractivity contribution in [2.45, 2.75) is 19.8 Å². The SMILES string of the molecule is CCCC(=O)Nc1cccc(NC(=O)C=Cc2cc(Br)ccc2OC)c1. The predicted octanol–water partition coefficient (Wildman–Crippen LogP) is 4.85. The molecule has 2 aromatic carbocycles. The van der Waals surface area contributed by atoms with E-state index in [-0.39, 0.29) is 11.8 Å². The van der Waals surface area contributed by atoms with Gasteiger partial charge in [0.05, 0.1) is 7.11 Å². The lowest BCUT2D eigenvalue weighted by Gasteiger charge is -2.08. The molecule has 0 bridgehead atoms. The zero-order valence-corrected chi connectivity index (χ0v) is 16.3. The third-order valence-corrected chi connectivity index (χ3v) is 3.99. The van der Waals surface area contributed by atoms with Gasteiger partial charge in [0.25, 0.3) is 0 Å². The van der Waals surface area contributed by atoms with Gasteiger partial charge in [-0.05, 0) is 48.9 Å². The Bertz CT molecular complexity index is 818. The summed E-state index contributed by atoms with van der Waals surface area (Å²) < 4.78 is 6.18. The highest BCUT2D eigenvalue weighted by Gasteiger charge is 2.04. The number of rotatable bonds is 7. The molecule has 2 aromatic rings. The molecule has 2 amide bonds. The fourth-order valence-corrected chi connectivity index (χ4v) is 2.69. The number of benzene rings is 2. The molecule has 0 aliphatic rings. The number of nitrogens with one attached hydrogen (secondary N) is 2. The van der Waals surface area contributed by atoms with Crippen LogP contribution in [0.4, 0.5) is 11.4 Å². The third-order valence-electron chi connectivity index (χ3n) is 3.50. The van der Waals surface area contributed by atoms with E-state index in [4.69, 9.17) is 4.74 Å². The lowest BCUT2D eigenvalue weighted by molar-refractivity contribution is -0.116. The van der Waals surface area contributed by atoms with Crippen LogP contribution in [-0.2, 0) is 9.59 Å². The maximum Gasteiger partial charge on any atom is 0.248 e. The molecule has 0 radical (unpaired) electrons. The first-order chi connectivity index (χ1) is 12.5. The van der Waals surface area contributed by atoms with Crippen molar-refractivity contribution in [3.63, 3.8) is 0 Å². The molecule has 6 heteroatoms. The minimum absolute atomic E-state index is 0.0439. The molecule has 0 spiro atoms. The second kappa shape index (κ2) is 9.77. The molecule has 136 valence electrons. The van der Waals surface area contributed by atoms with Crippen LogP contribution in [0.3, 0.4) is 0 Å². The molecule has 0 aromatic heterocycles. The Labute approximate surface area is 161 Å². The van der Waals surface area contributed by atoms with Crippen LogP contribution >= 0.6 is 15.9 Å². The van der Waals surface area contributed by atoms with Gasteiger partial charge in [-0.25, -0.2) is 0 Å². The normalized spacial score (nSPS) is 10.6. The monoisotopic (exact) mass is 416 g/mol. The molecule has 5 nitrogen and oxygen atoms in total. The zero-order valence-electron chi connectivity index (χ0n) is 14.7. The van der Waals surface area contributed by atoms with Crippen LogP contribution in [0.5, 0.6) is 5.75 Å². The molecular formula is C20H21BrN2O3. The molecule has 0 fully saturated rings. The molecule has 0 aliphatic carbocycles. The Morgan fingerprint density at radius 1 is 1.12 bits per heavy atom. The molecule has 2 rings (SSSR count). The van der Waals surface area contributed by atoms with Gasteiger partial charge in [-0.15, -0.1) is 0 Å². The van der Waals surface area contributed by atoms with Gasteiger partial charge in [-0.3, -0.25) is 9.59 Å². The molecule has 0 saturated carbocycles. The molecule has 0 heterocycles. The lowest BCUT2D eigenvalue weighted by Crippen LogP contribution is -2.12. The minimum Gasteiger partial charge on any atom is -0.496 e. The minimum atomic E-state index is -0.274. The summed E-state index contributed by atoms with van der Waals surface area (Å²) in [5, 5.41) is 5.59. The number of carbonyl (C=O) groups excluding carboxylic acids is 2. The Kier molecular flexibility index (Phi) is 7.41. The van der Waals surface area contributed by atoms with Gasteiger partial charge < -0.3 is 15.4 Å². The van der Waals surface area contributed by atoms with Gasteiger partial charge in [0, 0.05) is 33.9 Å². The third kappa shape index (κ3) is 6.04. The predicted molar refractivity (Wildman–Crippen MR) is 108 cm³/mol. The number of hydrogen-bond donors (Lipinski definition) is 2. The zero-order chi connectivity index (χ0) is 18.9. The molecule has 0 atom stereocenters. The van der Waals surface area contributed by atoms with Crippen molar-refractivity contribution >= 4 is 45.2 Å². The van der Waals surface area contributed by atoms with Crippen molar-refractivity contribution in [1.82, 2.24) is 0 Å². The van der Waals surface area contributed by atoms with Crippen LogP contribution in [0, 0.1) is 0 Å². The van der Waals surface area contributed by atoms with Crippen LogP contribution in [0.25, 0.3) is 6.08 Å². The van der Waals surface area contributed by atoms with Gasteiger partial charge >= 0.3 is 0 Å². The van der Waals surface area contributed by atoms with Crippen LogP contribution in [0.15, 0.2) is 53.0 Å². The van der Waals surface area contributed by atoms with Crippen molar-refractivity contribution < 1.29 is 14.3 Å². The largest absolute Gasteiger partial charge is 0.496 e. The number of amides is 2. The molecule has 0 unspecified atom stereocenters. The summed E-state index contributed by atoms with van der Waals surface area (Å²) in [6, 6.07) is 12.6. The first-order valence-electron chi connectivity index (χ1n) is 8.24. The number of carbonyl (C=O) groups is 2. The summed E-state index contributed by atoms with van der Waals surface area (Å²) >= 11 is 3.40. The molecule has 2 N–H and O–H groups in total. The van der Waals surface area contributed by atoms with Gasteiger partial charge in [0.1, 0.15) is 5.75 Å². The van der Waals surface area contributed by atoms with Crippen LogP contribution in [0.2, 0.25) is 0 Å². The molecular weight excluding hydrogens is 396 g/mol. The smallest absolute Gasteiger partial charge is 0.248 e. The summed E-state index contributed by atoms with van der Waals surface area (Å²) in [6.07, 6.45) is 4.37. The van der Waals surface area contributed by atoms with Crippen LogP contribution in [0.1, 0.15) is 25.3 Å². The Hall–Kier alpha value is -2.60. The van der Waals surface area contributed by atoms with E-state index in [1.807, 2.05) is 25.1 Å². The van der Waals surface area contributed by atoms with E-state index in [0.717, 1.165) is 16.5 Å². The van der Waals surface area contributed by atoms with Crippen molar-refractivity contribution in [2.75, 3.05) is 17.7 Å². The van der Waals surface area contributed by atoms with Crippen LogP contribution < -0.4 is 15.4 Å². The van der Waals surface area contributed by atoms with Crippen molar-refractivity contribution in [2.24, 2.45) is 0 Å². The van der Waals surface area contributed by atoms with Crippen LogP contribution in [-0.4, -0.2) is 18.9 Å². The standard InChI is InChI=1S/C20H21BrN2O3/c1-3-5-19(24)22-16-6-4-7-17(13-16)23-20(25)11-8-14-12-15(21)9-10-18(14)26-2/h4,6-13H,3,5H2,1-2H3,(H,22,24)(H,23,25). The second-order valence-corrected chi connectivity index (χ2v) is 6.50. The number of methoxy groups -OCH3 is 1. The van der Waals surface area contributed by atoms with E-state index in [1.54, 1.807) is 37.5 Å². The maximum absolute atomic E-state index is 12.2. The highest BCUT2D eigenvalue weighted by molar-refractivity contribution is 9.10. The van der Waals surface area contributed by atoms with E-state index in [0.29, 0.717) is 23.5 Å². The van der Waals surface area contributed by atoms with E-state index in [2.05, 4.69) is 26.6 Å². The molecule has 26 heavy (non-hydrogen) atoms. The number of ether oxygens (including phenoxy) is 1. The average molecular weight is 417 g/mol. The van der Waals surface area contributed by atoms with Crippen molar-refractivity contribution in [1.29, 1.82) is 0 Å². The second-order valence-electron chi connectivity index (χ2n) is 5.59. The quantitative estimate of drug-likeness (QED) is 0.633. The first-order valence-corrected chi connectivity index (χ1v) is 9.03. The van der Waals surface area contributed by atoms with E-state index in [1.165, 1.54) is 6.08 Å². The number of hydrogen-bond acceptors (Lipinski definition) is 3. The summed E-state index contributed by atoms with van der Waals surface area (Å²) in [5.41, 5.74) is 2.05. The number of anilines is 2. The van der Waals surface area contributed by atoms with Crippen molar-refractivity contribution in [3.8, 4) is 5.75 Å². The highest BCUT2D eigenvalue weighted by Crippen LogP contribution is 2.24. The Balaban J connectivity index is 2.04. The van der Waals surface area contributed by atoms with Gasteiger partial charge in [0.15, 0.2) is 0 Å². The molecule has 0 aliphatic heterocycles. The van der Waals surface area contributed by atoms with Crippen molar-refractivity contribution in [3.05, 3.63) is 58.6 Å². The fourth-order valence-electron chi connectivity index (χ4n) is 2.31. The van der Waals surface area contributed by atoms with E-state index in [9.17, 15) is 9.59 Å². The topological polar surface area (TPSA) is 67.4 Å². The van der Waals surface area contributed by atoms with E-state index >= 15 is 0 Å². The first kappa shape index (κ1) is 19.7. The summed E-state index contributed by atoms with van der Waals surface area (Å²) in [5.74, 6) is 0.361. The average Bonchev–Trinajstić information content (AvgIpc) is 2.60. The van der Waals surface area contributed by atoms with Gasteiger partial charge in [-0.1, -0.05) is 28.9 Å². The fraction of sp³-hybridized carbons (Fsp3) is 0.200. The van der Waals surface area contributed by atoms with Gasteiger partial charge in [0.2, 0.25) is 11.8 Å². The van der Waals surface area contributed by atoms with Gasteiger partial charge in [-0.2, -0.15) is 0 Å². The molecule has 0 saturated heterocycles. The Morgan fingerprint density at radius 3 is 2.54 bits per heavy atom. The van der Waals surface area contributed by atoms with E-state index < -0.39 is 0 Å². The highest BCUT2D eigenvalue weighted by atomic mass is 79.9. The lowest BCUT2D eigenvalue weighted by atomic mass is 10.2. The summed E-state index contributed by atoms with van der Waals surface area (Å²) in [7, 11) is 1.58. The summed E-state index contributed by atoms with van der Waals surface area (Å²) in [6.45, 7) is 1.95. The Morgan fingerprint density at radius 2 is 1.85 bits per heavy atom. The number of halogens is 1. The maximum atomic E-state index is 12.2. The summed E-state index contributed by atoms with van der Waals surface area (Å²) in [4.78, 5) is 23.8.